The molecule has 0 aliphatic heterocycles. The van der Waals surface area contributed by atoms with Gasteiger partial charge in [0.2, 0.25) is 0 Å². The molecule has 40 heavy (non-hydrogen) atoms. The summed E-state index contributed by atoms with van der Waals surface area (Å²) in [6, 6.07) is 34.1. The highest BCUT2D eigenvalue weighted by molar-refractivity contribution is 5.89. The Labute approximate surface area is 242 Å². The molecule has 2 aliphatic carbocycles. The minimum atomic E-state index is -0.116. The summed E-state index contributed by atoms with van der Waals surface area (Å²) < 4.78 is 0. The van der Waals surface area contributed by atoms with E-state index in [1.807, 2.05) is 0 Å². The van der Waals surface area contributed by atoms with Crippen molar-refractivity contribution in [3.05, 3.63) is 108 Å². The molecule has 0 amide bonds. The molecule has 0 unspecified atom stereocenters. The van der Waals surface area contributed by atoms with Gasteiger partial charge in [-0.25, -0.2) is 0 Å². The fourth-order valence-corrected chi connectivity index (χ4v) is 7.37. The van der Waals surface area contributed by atoms with Crippen molar-refractivity contribution in [3.63, 3.8) is 0 Å². The molecule has 0 atom stereocenters. The Hall–Kier alpha value is -3.32. The van der Waals surface area contributed by atoms with Crippen LogP contribution in [0.3, 0.4) is 0 Å². The maximum Gasteiger partial charge on any atom is 0.0495 e. The van der Waals surface area contributed by atoms with Gasteiger partial charge in [-0.05, 0) is 103 Å². The van der Waals surface area contributed by atoms with Gasteiger partial charge >= 0.3 is 0 Å². The summed E-state index contributed by atoms with van der Waals surface area (Å²) in [4.78, 5) is 2.65. The van der Waals surface area contributed by atoms with E-state index in [4.69, 9.17) is 0 Å². The summed E-state index contributed by atoms with van der Waals surface area (Å²) in [5.41, 5.74) is 12.8. The number of rotatable bonds is 4. The lowest BCUT2D eigenvalue weighted by Gasteiger charge is -2.43. The predicted octanol–water partition coefficient (Wildman–Crippen LogP) is 11.3. The first-order valence-electron chi connectivity index (χ1n) is 15.2. The summed E-state index contributed by atoms with van der Waals surface area (Å²) in [5.74, 6) is 0.571. The van der Waals surface area contributed by atoms with Crippen molar-refractivity contribution in [2.75, 3.05) is 4.90 Å². The van der Waals surface area contributed by atoms with Gasteiger partial charge in [-0.15, -0.1) is 0 Å². The van der Waals surface area contributed by atoms with Crippen LogP contribution in [0, 0.1) is 5.41 Å². The van der Waals surface area contributed by atoms with Crippen LogP contribution in [0.15, 0.2) is 91.0 Å². The lowest BCUT2D eigenvalue weighted by molar-refractivity contribution is 0.224. The zero-order valence-electron chi connectivity index (χ0n) is 25.5. The number of para-hydroxylation sites is 1. The first-order chi connectivity index (χ1) is 19.0. The molecule has 206 valence electrons. The maximum absolute atomic E-state index is 2.65. The van der Waals surface area contributed by atoms with Gasteiger partial charge in [-0.3, -0.25) is 0 Å². The van der Waals surface area contributed by atoms with E-state index in [0.717, 1.165) is 0 Å². The average molecular weight is 528 g/mol. The SMILES string of the molecule is CC1(C)CCC(c2cc3c(cc2N(c2ccccc2-c2ccccc2)C(C)(C)C)-c2ccccc2C3(C)C)CC1. The molecule has 1 fully saturated rings. The van der Waals surface area contributed by atoms with E-state index in [2.05, 4.69) is 144 Å². The molecule has 6 rings (SSSR count). The molecule has 2 aliphatic rings. The van der Waals surface area contributed by atoms with Crippen LogP contribution in [-0.2, 0) is 5.41 Å². The number of benzene rings is 4. The van der Waals surface area contributed by atoms with Gasteiger partial charge in [0, 0.05) is 27.9 Å². The third kappa shape index (κ3) is 4.58. The number of hydrogen-bond donors (Lipinski definition) is 0. The number of hydrogen-bond acceptors (Lipinski definition) is 1. The van der Waals surface area contributed by atoms with E-state index < -0.39 is 0 Å². The maximum atomic E-state index is 2.65. The Morgan fingerprint density at radius 2 is 1.23 bits per heavy atom. The van der Waals surface area contributed by atoms with E-state index in [1.165, 1.54) is 76.0 Å². The summed E-state index contributed by atoms with van der Waals surface area (Å²) in [6.45, 7) is 16.8. The number of anilines is 2. The number of fused-ring (bicyclic) bond motifs is 3. The molecule has 0 radical (unpaired) electrons. The Balaban J connectivity index is 1.62. The highest BCUT2D eigenvalue weighted by Gasteiger charge is 2.39. The molecular formula is C39H45N. The van der Waals surface area contributed by atoms with Gasteiger partial charge in [-0.2, -0.15) is 0 Å². The van der Waals surface area contributed by atoms with E-state index in [1.54, 1.807) is 0 Å². The molecule has 0 heterocycles. The van der Waals surface area contributed by atoms with Crippen LogP contribution in [0.2, 0.25) is 0 Å². The second kappa shape index (κ2) is 9.65. The van der Waals surface area contributed by atoms with Crippen LogP contribution < -0.4 is 4.90 Å². The summed E-state index contributed by atoms with van der Waals surface area (Å²) >= 11 is 0. The fourth-order valence-electron chi connectivity index (χ4n) is 7.37. The van der Waals surface area contributed by atoms with Gasteiger partial charge in [0.15, 0.2) is 0 Å². The van der Waals surface area contributed by atoms with Gasteiger partial charge in [0.25, 0.3) is 0 Å². The first-order valence-corrected chi connectivity index (χ1v) is 15.2. The molecule has 4 aromatic rings. The monoisotopic (exact) mass is 527 g/mol. The molecule has 0 N–H and O–H groups in total. The standard InChI is InChI=1S/C39H45N/c1-37(2,3)40(35-20-14-12-17-29(35)27-15-9-8-10-16-27)36-26-32-30-18-11-13-19-33(30)39(6,7)34(32)25-31(36)28-21-23-38(4,5)24-22-28/h8-20,25-26,28H,21-24H2,1-7H3. The van der Waals surface area contributed by atoms with Crippen LogP contribution in [0.5, 0.6) is 0 Å². The van der Waals surface area contributed by atoms with Crippen LogP contribution in [0.1, 0.15) is 96.8 Å². The smallest absolute Gasteiger partial charge is 0.0495 e. The van der Waals surface area contributed by atoms with Crippen LogP contribution >= 0.6 is 0 Å². The van der Waals surface area contributed by atoms with Gasteiger partial charge < -0.3 is 4.90 Å². The Bertz CT molecular complexity index is 1520. The van der Waals surface area contributed by atoms with Gasteiger partial charge in [-0.1, -0.05) is 107 Å². The van der Waals surface area contributed by atoms with Gasteiger partial charge in [0.1, 0.15) is 0 Å². The third-order valence-corrected chi connectivity index (χ3v) is 9.65. The first kappa shape index (κ1) is 26.9. The van der Waals surface area contributed by atoms with E-state index in [0.29, 0.717) is 11.3 Å². The zero-order chi connectivity index (χ0) is 28.3. The van der Waals surface area contributed by atoms with Crippen molar-refractivity contribution in [2.24, 2.45) is 5.41 Å². The Morgan fingerprint density at radius 3 is 1.90 bits per heavy atom. The molecule has 0 aromatic heterocycles. The van der Waals surface area contributed by atoms with Crippen molar-refractivity contribution in [1.82, 2.24) is 0 Å². The fraction of sp³-hybridized carbons (Fsp3) is 0.385. The molecule has 1 saturated carbocycles. The van der Waals surface area contributed by atoms with Crippen LogP contribution in [0.25, 0.3) is 22.3 Å². The Morgan fingerprint density at radius 1 is 0.625 bits per heavy atom. The molecule has 1 heteroatoms. The highest BCUT2D eigenvalue weighted by Crippen LogP contribution is 2.55. The van der Waals surface area contributed by atoms with E-state index >= 15 is 0 Å². The zero-order valence-corrected chi connectivity index (χ0v) is 25.5. The molecule has 0 saturated heterocycles. The van der Waals surface area contributed by atoms with E-state index in [9.17, 15) is 0 Å². The summed E-state index contributed by atoms with van der Waals surface area (Å²) in [6.07, 6.45) is 5.08. The highest BCUT2D eigenvalue weighted by atomic mass is 15.2. The second-order valence-corrected chi connectivity index (χ2v) is 14.5. The van der Waals surface area contributed by atoms with Crippen molar-refractivity contribution < 1.29 is 0 Å². The topological polar surface area (TPSA) is 3.24 Å². The molecule has 0 bridgehead atoms. The molecular weight excluding hydrogens is 482 g/mol. The summed E-state index contributed by atoms with van der Waals surface area (Å²) in [7, 11) is 0. The largest absolute Gasteiger partial charge is 0.335 e. The minimum absolute atomic E-state index is 0.00164. The van der Waals surface area contributed by atoms with Crippen LogP contribution in [0.4, 0.5) is 11.4 Å². The lowest BCUT2D eigenvalue weighted by Crippen LogP contribution is -2.39. The van der Waals surface area contributed by atoms with Crippen LogP contribution in [-0.4, -0.2) is 5.54 Å². The van der Waals surface area contributed by atoms with E-state index in [-0.39, 0.29) is 11.0 Å². The predicted molar refractivity (Wildman–Crippen MR) is 173 cm³/mol. The second-order valence-electron chi connectivity index (χ2n) is 14.5. The van der Waals surface area contributed by atoms with Crippen molar-refractivity contribution in [3.8, 4) is 22.3 Å². The average Bonchev–Trinajstić information content (AvgIpc) is 3.15. The third-order valence-electron chi connectivity index (χ3n) is 9.65. The van der Waals surface area contributed by atoms with Gasteiger partial charge in [0.05, 0.1) is 0 Å². The van der Waals surface area contributed by atoms with Crippen molar-refractivity contribution >= 4 is 11.4 Å². The quantitative estimate of drug-likeness (QED) is 0.255. The van der Waals surface area contributed by atoms with Crippen molar-refractivity contribution in [1.29, 1.82) is 0 Å². The molecule has 1 nitrogen and oxygen atoms in total. The normalized spacial score (nSPS) is 17.8. The minimum Gasteiger partial charge on any atom is -0.335 e. The molecule has 4 aromatic carbocycles. The Kier molecular flexibility index (Phi) is 6.49. The number of nitrogens with zero attached hydrogens (tertiary/aromatic N) is 1. The molecule has 0 spiro atoms. The lowest BCUT2D eigenvalue weighted by atomic mass is 9.70. The van der Waals surface area contributed by atoms with Crippen molar-refractivity contribution in [2.45, 2.75) is 91.0 Å². The summed E-state index contributed by atoms with van der Waals surface area (Å²) in [5, 5.41) is 0.